The van der Waals surface area contributed by atoms with Crippen LogP contribution >= 0.6 is 22.9 Å². The molecule has 116 valence electrons. The predicted molar refractivity (Wildman–Crippen MR) is 92.6 cm³/mol. The topological polar surface area (TPSA) is 55.4 Å². The maximum Gasteiger partial charge on any atom is 0.337 e. The van der Waals surface area contributed by atoms with Crippen LogP contribution in [0.25, 0.3) is 10.1 Å². The lowest BCUT2D eigenvalue weighted by Crippen LogP contribution is -2.11. The van der Waals surface area contributed by atoms with Crippen LogP contribution in [0.2, 0.25) is 5.02 Å². The summed E-state index contributed by atoms with van der Waals surface area (Å²) in [5.74, 6) is -0.755. The van der Waals surface area contributed by atoms with Crippen molar-refractivity contribution in [2.24, 2.45) is 0 Å². The Morgan fingerprint density at radius 2 is 1.91 bits per heavy atom. The fraction of sp³-hybridized carbons (Fsp3) is 0.0588. The number of ether oxygens (including phenoxy) is 1. The molecule has 0 fully saturated rings. The van der Waals surface area contributed by atoms with E-state index in [4.69, 9.17) is 11.6 Å². The predicted octanol–water partition coefficient (Wildman–Crippen LogP) is 4.59. The van der Waals surface area contributed by atoms with E-state index in [0.717, 1.165) is 10.1 Å². The lowest BCUT2D eigenvalue weighted by Gasteiger charge is -2.08. The molecule has 1 aromatic heterocycles. The van der Waals surface area contributed by atoms with Gasteiger partial charge in [0.2, 0.25) is 0 Å². The average Bonchev–Trinajstić information content (AvgIpc) is 3.00. The number of carbonyl (C=O) groups is 2. The summed E-state index contributed by atoms with van der Waals surface area (Å²) in [5, 5.41) is 4.10. The van der Waals surface area contributed by atoms with Crippen molar-refractivity contribution in [1.29, 1.82) is 0 Å². The van der Waals surface area contributed by atoms with Crippen molar-refractivity contribution < 1.29 is 14.3 Å². The zero-order valence-electron chi connectivity index (χ0n) is 12.1. The number of rotatable bonds is 3. The van der Waals surface area contributed by atoms with Crippen LogP contribution in [0.3, 0.4) is 0 Å². The van der Waals surface area contributed by atoms with E-state index in [1.165, 1.54) is 24.5 Å². The molecule has 0 saturated heterocycles. The molecule has 1 amide bonds. The second-order valence-electron chi connectivity index (χ2n) is 4.79. The number of fused-ring (bicyclic) bond motifs is 1. The van der Waals surface area contributed by atoms with E-state index in [2.05, 4.69) is 10.1 Å². The number of halogens is 1. The monoisotopic (exact) mass is 345 g/mol. The minimum absolute atomic E-state index is 0.268. The van der Waals surface area contributed by atoms with Crippen molar-refractivity contribution in [2.75, 3.05) is 12.4 Å². The molecule has 0 unspecified atom stereocenters. The molecule has 0 atom stereocenters. The van der Waals surface area contributed by atoms with Crippen molar-refractivity contribution >= 4 is 50.6 Å². The van der Waals surface area contributed by atoms with Crippen LogP contribution in [0.5, 0.6) is 0 Å². The molecule has 0 aliphatic carbocycles. The number of carbonyl (C=O) groups excluding carboxylic acids is 2. The molecule has 1 N–H and O–H groups in total. The highest BCUT2D eigenvalue weighted by atomic mass is 35.5. The van der Waals surface area contributed by atoms with Crippen LogP contribution in [-0.2, 0) is 4.74 Å². The van der Waals surface area contributed by atoms with Gasteiger partial charge in [-0.3, -0.25) is 4.79 Å². The number of hydrogen-bond donors (Lipinski definition) is 1. The third-order valence-corrected chi connectivity index (χ3v) is 4.73. The highest BCUT2D eigenvalue weighted by molar-refractivity contribution is 7.20. The van der Waals surface area contributed by atoms with Gasteiger partial charge >= 0.3 is 5.97 Å². The third-order valence-electron chi connectivity index (χ3n) is 3.28. The summed E-state index contributed by atoms with van der Waals surface area (Å²) in [6, 6.07) is 14.2. The number of thiophene rings is 1. The van der Waals surface area contributed by atoms with Crippen molar-refractivity contribution in [1.82, 2.24) is 0 Å². The fourth-order valence-corrected chi connectivity index (χ4v) is 3.27. The third kappa shape index (κ3) is 3.21. The molecule has 0 radical (unpaired) electrons. The zero-order chi connectivity index (χ0) is 16.4. The summed E-state index contributed by atoms with van der Waals surface area (Å²) in [7, 11) is 1.30. The normalized spacial score (nSPS) is 10.5. The molecule has 0 spiro atoms. The number of esters is 1. The van der Waals surface area contributed by atoms with Gasteiger partial charge in [0.1, 0.15) is 0 Å². The summed E-state index contributed by atoms with van der Waals surface area (Å²) in [6.45, 7) is 0. The fourth-order valence-electron chi connectivity index (χ4n) is 2.14. The lowest BCUT2D eigenvalue weighted by molar-refractivity contribution is 0.0600. The van der Waals surface area contributed by atoms with E-state index in [9.17, 15) is 9.59 Å². The van der Waals surface area contributed by atoms with Crippen LogP contribution in [0.4, 0.5) is 5.69 Å². The molecule has 2 aromatic carbocycles. The minimum Gasteiger partial charge on any atom is -0.465 e. The Bertz CT molecular complexity index is 871. The smallest absolute Gasteiger partial charge is 0.337 e. The van der Waals surface area contributed by atoms with Gasteiger partial charge in [-0.2, -0.15) is 0 Å². The summed E-state index contributed by atoms with van der Waals surface area (Å²) >= 11 is 7.49. The molecule has 0 bridgehead atoms. The first-order valence-electron chi connectivity index (χ1n) is 6.76. The maximum atomic E-state index is 12.4. The number of methoxy groups -OCH3 is 1. The first-order chi connectivity index (χ1) is 11.1. The summed E-state index contributed by atoms with van der Waals surface area (Å²) in [6.07, 6.45) is 0. The van der Waals surface area contributed by atoms with Gasteiger partial charge in [0, 0.05) is 4.70 Å². The Kier molecular flexibility index (Phi) is 4.32. The number of benzene rings is 2. The number of anilines is 1. The van der Waals surface area contributed by atoms with Crippen LogP contribution in [0.15, 0.2) is 48.5 Å². The second-order valence-corrected chi connectivity index (χ2v) is 6.28. The Balaban J connectivity index is 1.88. The highest BCUT2D eigenvalue weighted by Crippen LogP contribution is 2.28. The molecule has 6 heteroatoms. The van der Waals surface area contributed by atoms with Crippen molar-refractivity contribution in [3.05, 3.63) is 64.0 Å². The maximum absolute atomic E-state index is 12.4. The first-order valence-corrected chi connectivity index (χ1v) is 7.96. The number of nitrogens with one attached hydrogen (secondary N) is 1. The van der Waals surface area contributed by atoms with Crippen LogP contribution in [0, 0.1) is 0 Å². The molecule has 0 aliphatic heterocycles. The molecule has 4 nitrogen and oxygen atoms in total. The Labute approximate surface area is 141 Å². The molecular formula is C17H12ClNO3S. The second kappa shape index (κ2) is 6.40. The van der Waals surface area contributed by atoms with Crippen LogP contribution in [-0.4, -0.2) is 19.0 Å². The lowest BCUT2D eigenvalue weighted by atomic mass is 10.2. The first kappa shape index (κ1) is 15.5. The van der Waals surface area contributed by atoms with Gasteiger partial charge in [-0.1, -0.05) is 29.8 Å². The van der Waals surface area contributed by atoms with Crippen molar-refractivity contribution in [3.8, 4) is 0 Å². The van der Waals surface area contributed by atoms with Gasteiger partial charge in [0.05, 0.1) is 28.3 Å². The summed E-state index contributed by atoms with van der Waals surface area (Å²) < 4.78 is 5.70. The molecule has 0 saturated carbocycles. The Hall–Kier alpha value is -2.37. The summed E-state index contributed by atoms with van der Waals surface area (Å²) in [4.78, 5) is 24.6. The summed E-state index contributed by atoms with van der Waals surface area (Å²) in [5.41, 5.74) is 0.695. The van der Waals surface area contributed by atoms with Crippen molar-refractivity contribution in [3.63, 3.8) is 0 Å². The van der Waals surface area contributed by atoms with Crippen molar-refractivity contribution in [2.45, 2.75) is 0 Å². The van der Waals surface area contributed by atoms with Gasteiger partial charge in [-0.05, 0) is 35.7 Å². The van der Waals surface area contributed by atoms with E-state index < -0.39 is 5.97 Å². The SMILES string of the molecule is COC(=O)c1ccc(Cl)c(NC(=O)c2cc3ccccc3s2)c1. The quantitative estimate of drug-likeness (QED) is 0.706. The average molecular weight is 346 g/mol. The van der Waals surface area contributed by atoms with Gasteiger partial charge in [-0.15, -0.1) is 11.3 Å². The largest absolute Gasteiger partial charge is 0.465 e. The van der Waals surface area contributed by atoms with E-state index >= 15 is 0 Å². The van der Waals surface area contributed by atoms with E-state index in [1.807, 2.05) is 30.3 Å². The minimum atomic E-state index is -0.487. The van der Waals surface area contributed by atoms with Crippen LogP contribution < -0.4 is 5.32 Å². The van der Waals surface area contributed by atoms with Gasteiger partial charge in [0.25, 0.3) is 5.91 Å². The van der Waals surface area contributed by atoms with Gasteiger partial charge < -0.3 is 10.1 Å². The van der Waals surface area contributed by atoms with Gasteiger partial charge in [0.15, 0.2) is 0 Å². The molecule has 3 rings (SSSR count). The van der Waals surface area contributed by atoms with E-state index in [0.29, 0.717) is 21.2 Å². The molecule has 3 aromatic rings. The molecule has 0 aliphatic rings. The molecule has 1 heterocycles. The highest BCUT2D eigenvalue weighted by Gasteiger charge is 2.14. The Morgan fingerprint density at radius 3 is 2.65 bits per heavy atom. The standard InChI is InChI=1S/C17H12ClNO3S/c1-22-17(21)11-6-7-12(18)13(8-11)19-16(20)15-9-10-4-2-3-5-14(10)23-15/h2-9H,1H3,(H,19,20). The zero-order valence-corrected chi connectivity index (χ0v) is 13.7. The number of hydrogen-bond acceptors (Lipinski definition) is 4. The van der Waals surface area contributed by atoms with Crippen LogP contribution in [0.1, 0.15) is 20.0 Å². The van der Waals surface area contributed by atoms with Gasteiger partial charge in [-0.25, -0.2) is 4.79 Å². The van der Waals surface area contributed by atoms with E-state index in [-0.39, 0.29) is 5.91 Å². The molecule has 23 heavy (non-hydrogen) atoms. The Morgan fingerprint density at radius 1 is 1.13 bits per heavy atom. The van der Waals surface area contributed by atoms with E-state index in [1.54, 1.807) is 12.1 Å². The number of amides is 1. The molecular weight excluding hydrogens is 334 g/mol.